The normalized spacial score (nSPS) is 10.9. The van der Waals surface area contributed by atoms with E-state index < -0.39 is 0 Å². The van der Waals surface area contributed by atoms with Crippen molar-refractivity contribution in [1.82, 2.24) is 14.8 Å². The van der Waals surface area contributed by atoms with Crippen LogP contribution in [0.5, 0.6) is 0 Å². The molecule has 0 aliphatic heterocycles. The number of hydrogen-bond acceptors (Lipinski definition) is 4. The Balaban J connectivity index is 1.48. The molecule has 0 atom stereocenters. The highest BCUT2D eigenvalue weighted by Gasteiger charge is 2.10. The minimum atomic E-state index is -0.318. The summed E-state index contributed by atoms with van der Waals surface area (Å²) in [5, 5.41) is 7.37. The number of fused-ring (bicyclic) bond motifs is 1. The fourth-order valence-corrected chi connectivity index (χ4v) is 3.35. The van der Waals surface area contributed by atoms with Crippen LogP contribution < -0.4 is 5.32 Å². The second kappa shape index (κ2) is 6.45. The highest BCUT2D eigenvalue weighted by Crippen LogP contribution is 2.26. The van der Waals surface area contributed by atoms with Gasteiger partial charge in [-0.05, 0) is 42.0 Å². The number of aromatic nitrogens is 3. The first kappa shape index (κ1) is 15.5. The molecular weight excluding hydrogens is 339 g/mol. The van der Waals surface area contributed by atoms with Crippen molar-refractivity contribution in [2.24, 2.45) is 0 Å². The van der Waals surface area contributed by atoms with Crippen molar-refractivity contribution in [1.29, 1.82) is 0 Å². The molecule has 7 heteroatoms. The van der Waals surface area contributed by atoms with Crippen LogP contribution in [-0.4, -0.2) is 20.7 Å². The van der Waals surface area contributed by atoms with Crippen LogP contribution in [0.4, 0.5) is 9.52 Å². The molecule has 0 bridgehead atoms. The summed E-state index contributed by atoms with van der Waals surface area (Å²) in [6, 6.07) is 13.5. The van der Waals surface area contributed by atoms with Gasteiger partial charge in [0, 0.05) is 18.0 Å². The number of carbonyl (C=O) groups excluding carboxylic acids is 1. The second-order valence-corrected chi connectivity index (χ2v) is 6.52. The van der Waals surface area contributed by atoms with E-state index in [1.54, 1.807) is 24.4 Å². The third kappa shape index (κ3) is 3.41. The van der Waals surface area contributed by atoms with Gasteiger partial charge in [-0.1, -0.05) is 23.5 Å². The molecule has 0 fully saturated rings. The van der Waals surface area contributed by atoms with E-state index in [4.69, 9.17) is 0 Å². The molecule has 0 unspecified atom stereocenters. The van der Waals surface area contributed by atoms with E-state index in [2.05, 4.69) is 15.4 Å². The van der Waals surface area contributed by atoms with Crippen molar-refractivity contribution in [2.45, 2.75) is 6.54 Å². The van der Waals surface area contributed by atoms with E-state index in [9.17, 15) is 9.18 Å². The molecule has 0 saturated heterocycles. The summed E-state index contributed by atoms with van der Waals surface area (Å²) in [4.78, 5) is 16.6. The van der Waals surface area contributed by atoms with Gasteiger partial charge in [-0.3, -0.25) is 14.8 Å². The molecule has 0 aliphatic rings. The average Bonchev–Trinajstić information content (AvgIpc) is 3.24. The maximum atomic E-state index is 13.2. The largest absolute Gasteiger partial charge is 0.298 e. The topological polar surface area (TPSA) is 59.8 Å². The summed E-state index contributed by atoms with van der Waals surface area (Å²) >= 11 is 1.25. The number of nitrogens with one attached hydrogen (secondary N) is 1. The Labute approximate surface area is 146 Å². The number of carbonyl (C=O) groups is 1. The van der Waals surface area contributed by atoms with Gasteiger partial charge in [-0.25, -0.2) is 9.37 Å². The number of amides is 1. The summed E-state index contributed by atoms with van der Waals surface area (Å²) < 4.78 is 15.7. The fourth-order valence-electron chi connectivity index (χ4n) is 2.46. The highest BCUT2D eigenvalue weighted by atomic mass is 32.1. The summed E-state index contributed by atoms with van der Waals surface area (Å²) in [7, 11) is 0. The Bertz CT molecular complexity index is 1030. The van der Waals surface area contributed by atoms with Crippen molar-refractivity contribution in [3.05, 3.63) is 77.9 Å². The number of halogens is 1. The second-order valence-electron chi connectivity index (χ2n) is 5.49. The van der Waals surface area contributed by atoms with Gasteiger partial charge in [0.2, 0.25) is 0 Å². The molecular formula is C18H13FN4OS. The predicted molar refractivity (Wildman–Crippen MR) is 95.3 cm³/mol. The first-order chi connectivity index (χ1) is 12.2. The molecule has 4 rings (SSSR count). The third-order valence-electron chi connectivity index (χ3n) is 3.69. The maximum absolute atomic E-state index is 13.2. The van der Waals surface area contributed by atoms with Crippen LogP contribution in [0.1, 0.15) is 15.9 Å². The van der Waals surface area contributed by atoms with Crippen LogP contribution in [0, 0.1) is 5.82 Å². The van der Waals surface area contributed by atoms with Crippen LogP contribution in [0.3, 0.4) is 0 Å². The molecule has 0 spiro atoms. The standard InChI is InChI=1S/C18H13FN4OS/c19-14-6-7-15-16(10-14)25-18(21-15)22-17(24)13-4-2-12(3-5-13)11-23-9-1-8-20-23/h1-10H,11H2,(H,21,22,24). The third-order valence-corrected chi connectivity index (χ3v) is 4.62. The lowest BCUT2D eigenvalue weighted by Gasteiger charge is -2.04. The van der Waals surface area contributed by atoms with E-state index in [0.29, 0.717) is 27.5 Å². The Hall–Kier alpha value is -3.06. The van der Waals surface area contributed by atoms with Crippen LogP contribution in [-0.2, 0) is 6.54 Å². The first-order valence-corrected chi connectivity index (χ1v) is 8.43. The smallest absolute Gasteiger partial charge is 0.257 e. The summed E-state index contributed by atoms with van der Waals surface area (Å²) in [6.45, 7) is 0.651. The number of benzene rings is 2. The van der Waals surface area contributed by atoms with Crippen molar-refractivity contribution in [2.75, 3.05) is 5.32 Å². The zero-order valence-electron chi connectivity index (χ0n) is 13.0. The monoisotopic (exact) mass is 352 g/mol. The van der Waals surface area contributed by atoms with E-state index in [1.807, 2.05) is 29.1 Å². The number of rotatable bonds is 4. The number of hydrogen-bond donors (Lipinski definition) is 1. The summed E-state index contributed by atoms with van der Waals surface area (Å²) in [5.74, 6) is -0.563. The SMILES string of the molecule is O=C(Nc1nc2ccc(F)cc2s1)c1ccc(Cn2cccn2)cc1. The van der Waals surface area contributed by atoms with Gasteiger partial charge in [0.15, 0.2) is 5.13 Å². The van der Waals surface area contributed by atoms with E-state index in [1.165, 1.54) is 23.5 Å². The van der Waals surface area contributed by atoms with Crippen LogP contribution in [0.15, 0.2) is 60.9 Å². The minimum absolute atomic E-state index is 0.245. The average molecular weight is 352 g/mol. The molecule has 4 aromatic rings. The summed E-state index contributed by atoms with van der Waals surface area (Å²) in [6.07, 6.45) is 3.61. The van der Waals surface area contributed by atoms with Crippen molar-refractivity contribution in [3.8, 4) is 0 Å². The zero-order chi connectivity index (χ0) is 17.2. The van der Waals surface area contributed by atoms with Gasteiger partial charge in [0.1, 0.15) is 5.82 Å². The molecule has 1 N–H and O–H groups in total. The molecule has 2 heterocycles. The minimum Gasteiger partial charge on any atom is -0.298 e. The van der Waals surface area contributed by atoms with Crippen LogP contribution in [0.25, 0.3) is 10.2 Å². The molecule has 25 heavy (non-hydrogen) atoms. The maximum Gasteiger partial charge on any atom is 0.257 e. The van der Waals surface area contributed by atoms with E-state index in [-0.39, 0.29) is 11.7 Å². The molecule has 0 aliphatic carbocycles. The quantitative estimate of drug-likeness (QED) is 0.605. The van der Waals surface area contributed by atoms with Crippen LogP contribution >= 0.6 is 11.3 Å². The van der Waals surface area contributed by atoms with Gasteiger partial charge in [-0.2, -0.15) is 5.10 Å². The number of anilines is 1. The van der Waals surface area contributed by atoms with E-state index in [0.717, 1.165) is 5.56 Å². The van der Waals surface area contributed by atoms with Gasteiger partial charge in [0.25, 0.3) is 5.91 Å². The first-order valence-electron chi connectivity index (χ1n) is 7.61. The van der Waals surface area contributed by atoms with Gasteiger partial charge < -0.3 is 0 Å². The van der Waals surface area contributed by atoms with Gasteiger partial charge >= 0.3 is 0 Å². The number of thiazole rings is 1. The fraction of sp³-hybridized carbons (Fsp3) is 0.0556. The number of nitrogens with zero attached hydrogens (tertiary/aromatic N) is 3. The predicted octanol–water partition coefficient (Wildman–Crippen LogP) is 3.93. The van der Waals surface area contributed by atoms with Crippen molar-refractivity contribution in [3.63, 3.8) is 0 Å². The Morgan fingerprint density at radius 1 is 1.20 bits per heavy atom. The Kier molecular flexibility index (Phi) is 3.99. The van der Waals surface area contributed by atoms with Crippen LogP contribution in [0.2, 0.25) is 0 Å². The molecule has 5 nitrogen and oxygen atoms in total. The van der Waals surface area contributed by atoms with Gasteiger partial charge in [0.05, 0.1) is 16.8 Å². The lowest BCUT2D eigenvalue weighted by atomic mass is 10.1. The lowest BCUT2D eigenvalue weighted by molar-refractivity contribution is 0.102. The molecule has 0 radical (unpaired) electrons. The lowest BCUT2D eigenvalue weighted by Crippen LogP contribution is -2.11. The van der Waals surface area contributed by atoms with E-state index >= 15 is 0 Å². The molecule has 2 aromatic heterocycles. The molecule has 0 saturated carbocycles. The Morgan fingerprint density at radius 3 is 2.80 bits per heavy atom. The molecule has 1 amide bonds. The summed E-state index contributed by atoms with van der Waals surface area (Å²) in [5.41, 5.74) is 2.25. The molecule has 124 valence electrons. The van der Waals surface area contributed by atoms with Gasteiger partial charge in [-0.15, -0.1) is 0 Å². The highest BCUT2D eigenvalue weighted by molar-refractivity contribution is 7.22. The van der Waals surface area contributed by atoms with Crippen molar-refractivity contribution < 1.29 is 9.18 Å². The Morgan fingerprint density at radius 2 is 2.04 bits per heavy atom. The van der Waals surface area contributed by atoms with Crippen molar-refractivity contribution >= 4 is 32.6 Å². The zero-order valence-corrected chi connectivity index (χ0v) is 13.8. The molecule has 2 aromatic carbocycles.